The minimum Gasteiger partial charge on any atom is -0.301 e. The fourth-order valence-electron chi connectivity index (χ4n) is 6.00. The molecule has 3 aromatic heterocycles. The first kappa shape index (κ1) is 32.2. The van der Waals surface area contributed by atoms with Gasteiger partial charge in [-0.05, 0) is 61.7 Å². The third-order valence-electron chi connectivity index (χ3n) is 8.78. The first-order chi connectivity index (χ1) is 21.5. The summed E-state index contributed by atoms with van der Waals surface area (Å²) in [5.41, 5.74) is 8.03. The molecule has 0 saturated carbocycles. The molecule has 0 radical (unpaired) electrons. The Morgan fingerprint density at radius 1 is 0.578 bits per heavy atom. The van der Waals surface area contributed by atoms with Gasteiger partial charge in [0.05, 0.1) is 0 Å². The van der Waals surface area contributed by atoms with E-state index in [9.17, 15) is 0 Å². The van der Waals surface area contributed by atoms with E-state index in [1.54, 1.807) is 0 Å². The van der Waals surface area contributed by atoms with Crippen molar-refractivity contribution in [2.75, 3.05) is 0 Å². The zero-order valence-corrected chi connectivity index (χ0v) is 28.1. The van der Waals surface area contributed by atoms with Crippen LogP contribution >= 0.6 is 0 Å². The Morgan fingerprint density at radius 2 is 1.16 bits per heavy atom. The SMILES string of the molecule is CC(CCc1[c-]c(-c2cccc(CCC(C)(c3[c-]cccc3)c3ccccn3)n2)ccc1)(c1[c-]cccc1)c1ccccn1.[Ir+3]. The van der Waals surface area contributed by atoms with E-state index >= 15 is 0 Å². The molecule has 2 atom stereocenters. The Balaban J connectivity index is 0.00000400. The molecule has 0 saturated heterocycles. The van der Waals surface area contributed by atoms with Crippen LogP contribution in [0.1, 0.15) is 60.5 Å². The third kappa shape index (κ3) is 7.36. The Hall–Kier alpha value is -4.24. The summed E-state index contributed by atoms with van der Waals surface area (Å²) >= 11 is 0. The third-order valence-corrected chi connectivity index (χ3v) is 8.78. The van der Waals surface area contributed by atoms with Crippen molar-refractivity contribution in [2.45, 2.75) is 50.4 Å². The molecule has 3 aromatic carbocycles. The molecule has 45 heavy (non-hydrogen) atoms. The molecule has 0 amide bonds. The molecule has 6 rings (SSSR count). The number of aromatic nitrogens is 3. The zero-order valence-electron chi connectivity index (χ0n) is 25.7. The summed E-state index contributed by atoms with van der Waals surface area (Å²) in [7, 11) is 0. The van der Waals surface area contributed by atoms with E-state index in [0.717, 1.165) is 70.7 Å². The summed E-state index contributed by atoms with van der Waals surface area (Å²) in [6.07, 6.45) is 7.18. The first-order valence-corrected chi connectivity index (χ1v) is 15.3. The van der Waals surface area contributed by atoms with E-state index in [2.05, 4.69) is 117 Å². The van der Waals surface area contributed by atoms with Crippen molar-refractivity contribution in [3.05, 3.63) is 186 Å². The molecule has 0 aliphatic heterocycles. The second-order valence-electron chi connectivity index (χ2n) is 11.8. The number of hydrogen-bond donors (Lipinski definition) is 0. The molecule has 0 aliphatic rings. The molecule has 0 spiro atoms. The van der Waals surface area contributed by atoms with Gasteiger partial charge in [0.2, 0.25) is 0 Å². The molecule has 0 N–H and O–H groups in total. The Labute approximate surface area is 281 Å². The second kappa shape index (κ2) is 14.7. The van der Waals surface area contributed by atoms with Crippen molar-refractivity contribution in [3.63, 3.8) is 0 Å². The van der Waals surface area contributed by atoms with Gasteiger partial charge >= 0.3 is 20.1 Å². The minimum atomic E-state index is -0.275. The van der Waals surface area contributed by atoms with Gasteiger partial charge in [-0.2, -0.15) is 71.8 Å². The van der Waals surface area contributed by atoms with E-state index in [1.165, 1.54) is 0 Å². The smallest absolute Gasteiger partial charge is 0.301 e. The number of pyridine rings is 3. The molecule has 4 heteroatoms. The fraction of sp³-hybridized carbons (Fsp3) is 0.195. The van der Waals surface area contributed by atoms with Gasteiger partial charge in [0.1, 0.15) is 0 Å². The van der Waals surface area contributed by atoms with Crippen LogP contribution in [-0.2, 0) is 43.8 Å². The van der Waals surface area contributed by atoms with Crippen molar-refractivity contribution >= 4 is 0 Å². The Bertz CT molecular complexity index is 1560. The summed E-state index contributed by atoms with van der Waals surface area (Å²) < 4.78 is 0. The molecule has 0 bridgehead atoms. The van der Waals surface area contributed by atoms with Gasteiger partial charge < -0.3 is 4.98 Å². The van der Waals surface area contributed by atoms with Gasteiger partial charge in [0, 0.05) is 40.3 Å². The first-order valence-electron chi connectivity index (χ1n) is 15.3. The standard InChI is InChI=1S/C41H36N3.Ir/c1-40(34-17-5-3-6-18-34,38-23-9-11-29-42-38)27-25-32-15-13-16-33(31-32)37-22-14-21-36(44-37)26-28-41(2,35-19-7-4-8-20-35)39-24-10-12-30-43-39;/h3-17,19,21-24,29-30H,25-28H2,1-2H3;/q-3;+3. The van der Waals surface area contributed by atoms with Crippen molar-refractivity contribution in [2.24, 2.45) is 0 Å². The molecule has 0 aliphatic carbocycles. The van der Waals surface area contributed by atoms with Gasteiger partial charge in [-0.3, -0.25) is 9.97 Å². The molecule has 2 unspecified atom stereocenters. The van der Waals surface area contributed by atoms with Crippen molar-refractivity contribution in [1.29, 1.82) is 0 Å². The van der Waals surface area contributed by atoms with E-state index in [0.29, 0.717) is 0 Å². The maximum Gasteiger partial charge on any atom is 3.00 e. The molecule has 3 heterocycles. The van der Waals surface area contributed by atoms with Gasteiger partial charge in [0.25, 0.3) is 0 Å². The average molecular weight is 763 g/mol. The number of nitrogens with zero attached hydrogens (tertiary/aromatic N) is 3. The van der Waals surface area contributed by atoms with E-state index in [1.807, 2.05) is 48.8 Å². The molecule has 224 valence electrons. The molecular formula is C41H36IrN3. The number of benzene rings is 3. The van der Waals surface area contributed by atoms with Crippen LogP contribution in [0, 0.1) is 18.2 Å². The van der Waals surface area contributed by atoms with Crippen LogP contribution in [0.2, 0.25) is 0 Å². The normalized spacial score (nSPS) is 13.6. The second-order valence-corrected chi connectivity index (χ2v) is 11.8. The number of aryl methyl sites for hydroxylation is 2. The van der Waals surface area contributed by atoms with Gasteiger partial charge in [-0.15, -0.1) is 35.4 Å². The largest absolute Gasteiger partial charge is 3.00 e. The maximum atomic E-state index is 5.10. The van der Waals surface area contributed by atoms with Crippen LogP contribution in [0.15, 0.2) is 134 Å². The van der Waals surface area contributed by atoms with Crippen LogP contribution in [0.25, 0.3) is 11.3 Å². The van der Waals surface area contributed by atoms with Crippen LogP contribution in [0.4, 0.5) is 0 Å². The van der Waals surface area contributed by atoms with E-state index in [4.69, 9.17) is 15.0 Å². The van der Waals surface area contributed by atoms with Crippen molar-refractivity contribution < 1.29 is 20.1 Å². The predicted molar refractivity (Wildman–Crippen MR) is 177 cm³/mol. The number of rotatable bonds is 11. The molecule has 0 fully saturated rings. The molecule has 6 aromatic rings. The Morgan fingerprint density at radius 3 is 1.71 bits per heavy atom. The monoisotopic (exact) mass is 763 g/mol. The molecular weight excluding hydrogens is 727 g/mol. The minimum absolute atomic E-state index is 0. The summed E-state index contributed by atoms with van der Waals surface area (Å²) in [5, 5.41) is 0. The van der Waals surface area contributed by atoms with Crippen LogP contribution in [-0.4, -0.2) is 15.0 Å². The average Bonchev–Trinajstić information content (AvgIpc) is 3.11. The summed E-state index contributed by atoms with van der Waals surface area (Å²) in [6, 6.07) is 52.0. The van der Waals surface area contributed by atoms with E-state index in [-0.39, 0.29) is 30.9 Å². The Kier molecular flexibility index (Phi) is 10.5. The van der Waals surface area contributed by atoms with Gasteiger partial charge in [-0.1, -0.05) is 38.1 Å². The van der Waals surface area contributed by atoms with Crippen molar-refractivity contribution in [3.8, 4) is 11.3 Å². The van der Waals surface area contributed by atoms with Gasteiger partial charge in [0.15, 0.2) is 0 Å². The topological polar surface area (TPSA) is 38.7 Å². The van der Waals surface area contributed by atoms with Gasteiger partial charge in [-0.25, -0.2) is 0 Å². The van der Waals surface area contributed by atoms with Crippen LogP contribution in [0.3, 0.4) is 0 Å². The summed E-state index contributed by atoms with van der Waals surface area (Å²) in [6.45, 7) is 4.52. The van der Waals surface area contributed by atoms with E-state index < -0.39 is 0 Å². The maximum absolute atomic E-state index is 5.10. The predicted octanol–water partition coefficient (Wildman–Crippen LogP) is 8.81. The zero-order chi connectivity index (χ0) is 30.2. The summed E-state index contributed by atoms with van der Waals surface area (Å²) in [4.78, 5) is 14.6. The quantitative estimate of drug-likeness (QED) is 0.124. The van der Waals surface area contributed by atoms with Crippen LogP contribution < -0.4 is 0 Å². The van der Waals surface area contributed by atoms with Crippen molar-refractivity contribution in [1.82, 2.24) is 15.0 Å². The van der Waals surface area contributed by atoms with Crippen LogP contribution in [0.5, 0.6) is 0 Å². The summed E-state index contributed by atoms with van der Waals surface area (Å²) in [5.74, 6) is 0. The number of hydrogen-bond acceptors (Lipinski definition) is 3. The molecule has 3 nitrogen and oxygen atoms in total. The fourth-order valence-corrected chi connectivity index (χ4v) is 6.00.